The molecule has 2 aromatic heterocycles. The van der Waals surface area contributed by atoms with E-state index in [1.807, 2.05) is 30.1 Å². The standard InChI is InChI=1S/C9H12N4S/c1-6-3-8(13(2)12-6)7-5-14-9(4-10)11-7/h3,5H,4,10H2,1-2H3. The van der Waals surface area contributed by atoms with Gasteiger partial charge in [-0.2, -0.15) is 5.10 Å². The molecule has 0 amide bonds. The molecule has 0 saturated heterocycles. The van der Waals surface area contributed by atoms with Crippen molar-refractivity contribution in [3.05, 3.63) is 22.1 Å². The SMILES string of the molecule is Cc1cc(-c2csc(CN)n2)n(C)n1. The number of aromatic nitrogens is 3. The number of aryl methyl sites for hydroxylation is 2. The number of thiazole rings is 1. The number of hydrogen-bond donors (Lipinski definition) is 1. The summed E-state index contributed by atoms with van der Waals surface area (Å²) in [4.78, 5) is 4.41. The van der Waals surface area contributed by atoms with E-state index in [1.54, 1.807) is 11.3 Å². The van der Waals surface area contributed by atoms with Gasteiger partial charge in [-0.05, 0) is 13.0 Å². The highest BCUT2D eigenvalue weighted by molar-refractivity contribution is 7.09. The Morgan fingerprint density at radius 2 is 2.36 bits per heavy atom. The van der Waals surface area contributed by atoms with E-state index in [0.717, 1.165) is 22.1 Å². The van der Waals surface area contributed by atoms with E-state index < -0.39 is 0 Å². The average Bonchev–Trinajstić information content (AvgIpc) is 2.71. The largest absolute Gasteiger partial charge is 0.325 e. The van der Waals surface area contributed by atoms with Crippen LogP contribution in [0.2, 0.25) is 0 Å². The van der Waals surface area contributed by atoms with Gasteiger partial charge in [0.15, 0.2) is 0 Å². The molecule has 2 heterocycles. The first-order valence-corrected chi connectivity index (χ1v) is 5.24. The van der Waals surface area contributed by atoms with Crippen LogP contribution in [0.1, 0.15) is 10.7 Å². The predicted molar refractivity (Wildman–Crippen MR) is 56.9 cm³/mol. The topological polar surface area (TPSA) is 56.7 Å². The highest BCUT2D eigenvalue weighted by atomic mass is 32.1. The Labute approximate surface area is 86.4 Å². The first kappa shape index (κ1) is 9.36. The van der Waals surface area contributed by atoms with Gasteiger partial charge in [0, 0.05) is 19.0 Å². The molecule has 0 unspecified atom stereocenters. The van der Waals surface area contributed by atoms with Crippen LogP contribution < -0.4 is 5.73 Å². The maximum Gasteiger partial charge on any atom is 0.107 e. The van der Waals surface area contributed by atoms with Gasteiger partial charge in [0.2, 0.25) is 0 Å². The van der Waals surface area contributed by atoms with Crippen LogP contribution >= 0.6 is 11.3 Å². The zero-order valence-corrected chi connectivity index (χ0v) is 9.01. The molecule has 0 atom stereocenters. The van der Waals surface area contributed by atoms with Crippen LogP contribution in [0.15, 0.2) is 11.4 Å². The van der Waals surface area contributed by atoms with Gasteiger partial charge in [-0.15, -0.1) is 11.3 Å². The minimum Gasteiger partial charge on any atom is -0.325 e. The summed E-state index contributed by atoms with van der Waals surface area (Å²) in [6, 6.07) is 2.02. The molecule has 0 aromatic carbocycles. The summed E-state index contributed by atoms with van der Waals surface area (Å²) in [7, 11) is 1.92. The lowest BCUT2D eigenvalue weighted by atomic mass is 10.3. The Morgan fingerprint density at radius 3 is 2.86 bits per heavy atom. The molecule has 0 saturated carbocycles. The van der Waals surface area contributed by atoms with Crippen molar-refractivity contribution in [3.8, 4) is 11.4 Å². The summed E-state index contributed by atoms with van der Waals surface area (Å²) >= 11 is 1.59. The zero-order valence-electron chi connectivity index (χ0n) is 8.19. The second-order valence-corrected chi connectivity index (χ2v) is 4.07. The lowest BCUT2D eigenvalue weighted by molar-refractivity contribution is 0.762. The summed E-state index contributed by atoms with van der Waals surface area (Å²) < 4.78 is 1.84. The minimum absolute atomic E-state index is 0.501. The highest BCUT2D eigenvalue weighted by Gasteiger charge is 2.08. The molecule has 74 valence electrons. The summed E-state index contributed by atoms with van der Waals surface area (Å²) in [5.41, 5.74) is 8.51. The van der Waals surface area contributed by atoms with Gasteiger partial charge in [-0.1, -0.05) is 0 Å². The normalized spacial score (nSPS) is 10.8. The van der Waals surface area contributed by atoms with Crippen molar-refractivity contribution in [2.45, 2.75) is 13.5 Å². The van der Waals surface area contributed by atoms with Gasteiger partial charge in [0.1, 0.15) is 5.01 Å². The maximum absolute atomic E-state index is 5.51. The van der Waals surface area contributed by atoms with Gasteiger partial charge >= 0.3 is 0 Å². The summed E-state index contributed by atoms with van der Waals surface area (Å²) in [5.74, 6) is 0. The van der Waals surface area contributed by atoms with Crippen LogP contribution in [0.3, 0.4) is 0 Å². The Kier molecular flexibility index (Phi) is 2.35. The summed E-state index contributed by atoms with van der Waals surface area (Å²) in [5, 5.41) is 7.24. The van der Waals surface area contributed by atoms with E-state index in [0.29, 0.717) is 6.54 Å². The van der Waals surface area contributed by atoms with E-state index in [-0.39, 0.29) is 0 Å². The van der Waals surface area contributed by atoms with Crippen molar-refractivity contribution in [2.24, 2.45) is 12.8 Å². The minimum atomic E-state index is 0.501. The van der Waals surface area contributed by atoms with Crippen LogP contribution in [-0.4, -0.2) is 14.8 Å². The van der Waals surface area contributed by atoms with Crippen molar-refractivity contribution in [3.63, 3.8) is 0 Å². The molecule has 0 aliphatic heterocycles. The second-order valence-electron chi connectivity index (χ2n) is 3.13. The molecular weight excluding hydrogens is 196 g/mol. The van der Waals surface area contributed by atoms with Crippen molar-refractivity contribution in [1.29, 1.82) is 0 Å². The third kappa shape index (κ3) is 1.56. The molecule has 14 heavy (non-hydrogen) atoms. The molecule has 0 fully saturated rings. The van der Waals surface area contributed by atoms with Crippen molar-refractivity contribution < 1.29 is 0 Å². The van der Waals surface area contributed by atoms with Gasteiger partial charge in [0.25, 0.3) is 0 Å². The van der Waals surface area contributed by atoms with Crippen molar-refractivity contribution in [2.75, 3.05) is 0 Å². The Bertz CT molecular complexity index is 443. The van der Waals surface area contributed by atoms with E-state index in [9.17, 15) is 0 Å². The van der Waals surface area contributed by atoms with Crippen LogP contribution in [0, 0.1) is 6.92 Å². The van der Waals surface area contributed by atoms with Gasteiger partial charge in [0.05, 0.1) is 17.1 Å². The van der Waals surface area contributed by atoms with Crippen molar-refractivity contribution >= 4 is 11.3 Å². The first-order chi connectivity index (χ1) is 6.70. The van der Waals surface area contributed by atoms with Crippen LogP contribution in [0.5, 0.6) is 0 Å². The van der Waals surface area contributed by atoms with E-state index >= 15 is 0 Å². The number of nitrogens with zero attached hydrogens (tertiary/aromatic N) is 3. The fourth-order valence-electron chi connectivity index (χ4n) is 1.37. The van der Waals surface area contributed by atoms with Crippen LogP contribution in [-0.2, 0) is 13.6 Å². The predicted octanol–water partition coefficient (Wildman–Crippen LogP) is 1.31. The molecule has 2 rings (SSSR count). The third-order valence-corrected chi connectivity index (χ3v) is 2.86. The lowest BCUT2D eigenvalue weighted by Crippen LogP contribution is -1.96. The molecule has 2 aromatic rings. The fraction of sp³-hybridized carbons (Fsp3) is 0.333. The molecule has 0 aliphatic carbocycles. The Morgan fingerprint density at radius 1 is 1.57 bits per heavy atom. The molecule has 2 N–H and O–H groups in total. The molecule has 5 heteroatoms. The molecule has 0 aliphatic rings. The summed E-state index contributed by atoms with van der Waals surface area (Å²) in [6.07, 6.45) is 0. The number of nitrogens with two attached hydrogens (primary N) is 1. The molecule has 4 nitrogen and oxygen atoms in total. The van der Waals surface area contributed by atoms with Gasteiger partial charge < -0.3 is 5.73 Å². The zero-order chi connectivity index (χ0) is 10.1. The van der Waals surface area contributed by atoms with E-state index in [2.05, 4.69) is 10.1 Å². The first-order valence-electron chi connectivity index (χ1n) is 4.36. The molecule has 0 spiro atoms. The van der Waals surface area contributed by atoms with Crippen molar-refractivity contribution in [1.82, 2.24) is 14.8 Å². The quantitative estimate of drug-likeness (QED) is 0.809. The van der Waals surface area contributed by atoms with Gasteiger partial charge in [-0.25, -0.2) is 4.98 Å². The van der Waals surface area contributed by atoms with Crippen LogP contribution in [0.25, 0.3) is 11.4 Å². The lowest BCUT2D eigenvalue weighted by Gasteiger charge is -1.95. The maximum atomic E-state index is 5.51. The average molecular weight is 208 g/mol. The van der Waals surface area contributed by atoms with E-state index in [4.69, 9.17) is 5.73 Å². The highest BCUT2D eigenvalue weighted by Crippen LogP contribution is 2.21. The molecule has 0 radical (unpaired) electrons. The second kappa shape index (κ2) is 3.51. The Balaban J connectivity index is 2.43. The van der Waals surface area contributed by atoms with Crippen LogP contribution in [0.4, 0.5) is 0 Å². The summed E-state index contributed by atoms with van der Waals surface area (Å²) in [6.45, 7) is 2.47. The van der Waals surface area contributed by atoms with Gasteiger partial charge in [-0.3, -0.25) is 4.68 Å². The van der Waals surface area contributed by atoms with E-state index in [1.165, 1.54) is 0 Å². The molecular formula is C9H12N4S. The number of rotatable bonds is 2. The Hall–Kier alpha value is -1.20. The third-order valence-electron chi connectivity index (χ3n) is 1.99. The number of hydrogen-bond acceptors (Lipinski definition) is 4. The molecule has 0 bridgehead atoms. The monoisotopic (exact) mass is 208 g/mol. The smallest absolute Gasteiger partial charge is 0.107 e. The fourth-order valence-corrected chi connectivity index (χ4v) is 2.04.